The van der Waals surface area contributed by atoms with E-state index in [1.807, 2.05) is 6.07 Å². The van der Waals surface area contributed by atoms with Crippen LogP contribution >= 0.6 is 0 Å². The maximum atomic E-state index is 12.9. The first-order valence-corrected chi connectivity index (χ1v) is 11.2. The van der Waals surface area contributed by atoms with E-state index in [9.17, 15) is 13.7 Å². The minimum atomic E-state index is -3.52. The summed E-state index contributed by atoms with van der Waals surface area (Å²) in [4.78, 5) is 4.45. The Bertz CT molecular complexity index is 1140. The number of nitrogens with zero attached hydrogens (tertiary/aromatic N) is 3. The van der Waals surface area contributed by atoms with Crippen molar-refractivity contribution in [3.05, 3.63) is 54.1 Å². The van der Waals surface area contributed by atoms with Crippen LogP contribution < -0.4 is 5.32 Å². The van der Waals surface area contributed by atoms with Gasteiger partial charge in [-0.3, -0.25) is 0 Å². The third kappa shape index (κ3) is 4.10. The molecule has 3 heterocycles. The van der Waals surface area contributed by atoms with Crippen molar-refractivity contribution in [1.29, 1.82) is 5.26 Å². The Morgan fingerprint density at radius 1 is 1.23 bits per heavy atom. The second kappa shape index (κ2) is 8.34. The average Bonchev–Trinajstić information content (AvgIpc) is 3.42. The molecule has 0 bridgehead atoms. The van der Waals surface area contributed by atoms with Crippen LogP contribution in [0.15, 0.2) is 56.4 Å². The van der Waals surface area contributed by atoms with Gasteiger partial charge in [0.15, 0.2) is 0 Å². The third-order valence-corrected chi connectivity index (χ3v) is 7.13. The summed E-state index contributed by atoms with van der Waals surface area (Å²) in [6, 6.07) is 12.0. The molecule has 30 heavy (non-hydrogen) atoms. The normalized spacial score (nSPS) is 15.7. The molecule has 2 aromatic heterocycles. The highest BCUT2D eigenvalue weighted by atomic mass is 32.2. The molecular formula is C21H22N4O4S. The van der Waals surface area contributed by atoms with Gasteiger partial charge in [-0.05, 0) is 55.2 Å². The smallest absolute Gasteiger partial charge is 0.243 e. The van der Waals surface area contributed by atoms with Gasteiger partial charge in [0.25, 0.3) is 0 Å². The molecule has 9 heteroatoms. The van der Waals surface area contributed by atoms with Crippen LogP contribution in [0.2, 0.25) is 0 Å². The van der Waals surface area contributed by atoms with E-state index in [0.717, 1.165) is 12.8 Å². The molecule has 0 saturated carbocycles. The molecule has 0 aliphatic carbocycles. The Hall–Kier alpha value is -3.09. The summed E-state index contributed by atoms with van der Waals surface area (Å²) in [7, 11) is -3.52. The number of sulfonamides is 1. The zero-order valence-electron chi connectivity index (χ0n) is 16.5. The number of rotatable bonds is 6. The summed E-state index contributed by atoms with van der Waals surface area (Å²) in [5.41, 5.74) is 0.708. The summed E-state index contributed by atoms with van der Waals surface area (Å²) in [6.07, 6.45) is 3.31. The predicted molar refractivity (Wildman–Crippen MR) is 110 cm³/mol. The van der Waals surface area contributed by atoms with Crippen molar-refractivity contribution >= 4 is 15.9 Å². The molecule has 1 fully saturated rings. The SMILES string of the molecule is CC1CCN(S(=O)(=O)c2ccc(-c3nc(C#N)c(NCc4ccco4)o3)cc2)CC1. The number of hydrogen-bond donors (Lipinski definition) is 1. The highest BCUT2D eigenvalue weighted by Crippen LogP contribution is 2.28. The van der Waals surface area contributed by atoms with Gasteiger partial charge in [0.2, 0.25) is 27.5 Å². The summed E-state index contributed by atoms with van der Waals surface area (Å²) in [5.74, 6) is 1.72. The number of furan rings is 1. The molecule has 8 nitrogen and oxygen atoms in total. The molecular weight excluding hydrogens is 404 g/mol. The fourth-order valence-corrected chi connectivity index (χ4v) is 4.83. The monoisotopic (exact) mass is 426 g/mol. The van der Waals surface area contributed by atoms with Gasteiger partial charge in [0.1, 0.15) is 11.8 Å². The Balaban J connectivity index is 1.52. The van der Waals surface area contributed by atoms with Gasteiger partial charge in [-0.2, -0.15) is 14.6 Å². The Morgan fingerprint density at radius 3 is 2.60 bits per heavy atom. The zero-order valence-corrected chi connectivity index (χ0v) is 17.4. The third-order valence-electron chi connectivity index (χ3n) is 5.22. The van der Waals surface area contributed by atoms with Crippen LogP contribution in [-0.2, 0) is 16.6 Å². The van der Waals surface area contributed by atoms with Crippen molar-refractivity contribution in [2.24, 2.45) is 5.92 Å². The summed E-state index contributed by atoms with van der Waals surface area (Å²) in [6.45, 7) is 3.58. The number of piperidine rings is 1. The fourth-order valence-electron chi connectivity index (χ4n) is 3.36. The summed E-state index contributed by atoms with van der Waals surface area (Å²) < 4.78 is 38.2. The van der Waals surface area contributed by atoms with Gasteiger partial charge in [0.05, 0.1) is 17.7 Å². The van der Waals surface area contributed by atoms with E-state index in [2.05, 4.69) is 17.2 Å². The second-order valence-corrected chi connectivity index (χ2v) is 9.29. The average molecular weight is 426 g/mol. The first-order chi connectivity index (χ1) is 14.5. The van der Waals surface area contributed by atoms with Crippen LogP contribution in [0.1, 0.15) is 31.2 Å². The lowest BCUT2D eigenvalue weighted by molar-refractivity contribution is 0.288. The van der Waals surface area contributed by atoms with Gasteiger partial charge in [-0.1, -0.05) is 6.92 Å². The molecule has 1 aromatic carbocycles. The van der Waals surface area contributed by atoms with E-state index in [-0.39, 0.29) is 22.4 Å². The van der Waals surface area contributed by atoms with Crippen molar-refractivity contribution in [2.75, 3.05) is 18.4 Å². The lowest BCUT2D eigenvalue weighted by atomic mass is 10.0. The molecule has 1 N–H and O–H groups in total. The van der Waals surface area contributed by atoms with Crippen molar-refractivity contribution in [2.45, 2.75) is 31.2 Å². The molecule has 1 aliphatic rings. The minimum absolute atomic E-state index is 0.121. The van der Waals surface area contributed by atoms with E-state index in [4.69, 9.17) is 8.83 Å². The van der Waals surface area contributed by atoms with E-state index in [1.54, 1.807) is 42.7 Å². The largest absolute Gasteiger partial charge is 0.467 e. The number of hydrogen-bond acceptors (Lipinski definition) is 7. The van der Waals surface area contributed by atoms with Crippen molar-refractivity contribution < 1.29 is 17.3 Å². The maximum Gasteiger partial charge on any atom is 0.243 e. The summed E-state index contributed by atoms with van der Waals surface area (Å²) in [5, 5.41) is 12.3. The molecule has 3 aromatic rings. The first-order valence-electron chi connectivity index (χ1n) is 9.75. The van der Waals surface area contributed by atoms with Crippen LogP contribution in [0.3, 0.4) is 0 Å². The zero-order chi connectivity index (χ0) is 21.1. The number of anilines is 1. The van der Waals surface area contributed by atoms with E-state index in [1.165, 1.54) is 4.31 Å². The molecule has 0 unspecified atom stereocenters. The number of aromatic nitrogens is 1. The first kappa shape index (κ1) is 20.2. The van der Waals surface area contributed by atoms with Crippen LogP contribution in [0.25, 0.3) is 11.5 Å². The quantitative estimate of drug-likeness (QED) is 0.637. The molecule has 156 valence electrons. The fraction of sp³-hybridized carbons (Fsp3) is 0.333. The summed E-state index contributed by atoms with van der Waals surface area (Å²) >= 11 is 0. The van der Waals surface area contributed by atoms with Gasteiger partial charge in [-0.25, -0.2) is 8.42 Å². The number of nitriles is 1. The molecule has 0 atom stereocenters. The Kier molecular flexibility index (Phi) is 5.61. The molecule has 4 rings (SSSR count). The Labute approximate surface area is 175 Å². The number of benzene rings is 1. The number of oxazole rings is 1. The molecule has 0 radical (unpaired) electrons. The highest BCUT2D eigenvalue weighted by molar-refractivity contribution is 7.89. The molecule has 0 amide bonds. The van der Waals surface area contributed by atoms with Gasteiger partial charge in [-0.15, -0.1) is 0 Å². The van der Waals surface area contributed by atoms with Gasteiger partial charge < -0.3 is 14.2 Å². The van der Waals surface area contributed by atoms with Crippen molar-refractivity contribution in [3.63, 3.8) is 0 Å². The van der Waals surface area contributed by atoms with Gasteiger partial charge >= 0.3 is 0 Å². The Morgan fingerprint density at radius 2 is 1.97 bits per heavy atom. The lowest BCUT2D eigenvalue weighted by Crippen LogP contribution is -2.37. The highest BCUT2D eigenvalue weighted by Gasteiger charge is 2.28. The standard InChI is InChI=1S/C21H22N4O4S/c1-15-8-10-25(11-9-15)30(26,27)18-6-4-16(5-7-18)20-24-19(13-22)21(29-20)23-14-17-3-2-12-28-17/h2-7,12,15,23H,8-11,14H2,1H3. The van der Waals surface area contributed by atoms with E-state index in [0.29, 0.717) is 36.9 Å². The number of nitrogens with one attached hydrogen (secondary N) is 1. The van der Waals surface area contributed by atoms with Gasteiger partial charge in [0, 0.05) is 18.7 Å². The molecule has 1 aliphatic heterocycles. The predicted octanol–water partition coefficient (Wildman–Crippen LogP) is 3.84. The van der Waals surface area contributed by atoms with E-state index >= 15 is 0 Å². The lowest BCUT2D eigenvalue weighted by Gasteiger charge is -2.29. The van der Waals surface area contributed by atoms with Crippen LogP contribution in [0.5, 0.6) is 0 Å². The van der Waals surface area contributed by atoms with Crippen molar-refractivity contribution in [3.8, 4) is 17.5 Å². The second-order valence-electron chi connectivity index (χ2n) is 7.35. The van der Waals surface area contributed by atoms with Crippen LogP contribution in [-0.4, -0.2) is 30.8 Å². The minimum Gasteiger partial charge on any atom is -0.467 e. The van der Waals surface area contributed by atoms with Crippen LogP contribution in [0, 0.1) is 17.2 Å². The molecule has 0 spiro atoms. The van der Waals surface area contributed by atoms with Crippen molar-refractivity contribution in [1.82, 2.24) is 9.29 Å². The topological polar surface area (TPSA) is 112 Å². The van der Waals surface area contributed by atoms with Crippen LogP contribution in [0.4, 0.5) is 5.88 Å². The molecule has 1 saturated heterocycles. The van der Waals surface area contributed by atoms with E-state index < -0.39 is 10.0 Å². The maximum absolute atomic E-state index is 12.9.